The molecule has 2 N–H and O–H groups in total. The monoisotopic (exact) mass is 317 g/mol. The maximum absolute atomic E-state index is 11.8. The molecule has 0 fully saturated rings. The first kappa shape index (κ1) is 14.7. The molecule has 1 amide bonds. The largest absolute Gasteiger partial charge is 0.448 e. The molecule has 8 heteroatoms. The number of nitrogens with one attached hydrogen (secondary N) is 2. The van der Waals surface area contributed by atoms with Crippen molar-refractivity contribution in [2.45, 2.75) is 13.8 Å². The zero-order valence-corrected chi connectivity index (χ0v) is 12.4. The van der Waals surface area contributed by atoms with Gasteiger partial charge in [0, 0.05) is 0 Å². The summed E-state index contributed by atoms with van der Waals surface area (Å²) in [5.41, 5.74) is 2.55. The minimum atomic E-state index is -0.738. The minimum Gasteiger partial charge on any atom is -0.448 e. The molecule has 1 aromatic carbocycles. The normalized spacial score (nSPS) is 11.1. The molecule has 2 aromatic rings. The van der Waals surface area contributed by atoms with Crippen molar-refractivity contribution >= 4 is 40.3 Å². The van der Waals surface area contributed by atoms with Crippen LogP contribution in [0.3, 0.4) is 0 Å². The Morgan fingerprint density at radius 1 is 1.45 bits per heavy atom. The van der Waals surface area contributed by atoms with Crippen LogP contribution in [0.1, 0.15) is 13.8 Å². The van der Waals surface area contributed by atoms with Gasteiger partial charge in [-0.3, -0.25) is 0 Å². The molecular weight excluding hydrogens is 305 g/mol. The Morgan fingerprint density at radius 2 is 2.15 bits per heavy atom. The van der Waals surface area contributed by atoms with Crippen molar-refractivity contribution in [1.82, 2.24) is 9.66 Å². The number of fused-ring (bicyclic) bond motifs is 1. The number of carbonyl (C=O) groups excluding carboxylic acids is 1. The number of hydrogen-bond acceptors (Lipinski definition) is 3. The molecule has 1 aromatic heterocycles. The van der Waals surface area contributed by atoms with Crippen LogP contribution >= 0.6 is 23.2 Å². The quantitative estimate of drug-likeness (QED) is 0.913. The molecular formula is C12H13Cl2N3O3. The summed E-state index contributed by atoms with van der Waals surface area (Å²) >= 11 is 12.0. The van der Waals surface area contributed by atoms with Gasteiger partial charge in [-0.2, -0.15) is 4.68 Å². The number of carbonyl (C=O) groups is 1. The van der Waals surface area contributed by atoms with E-state index < -0.39 is 11.8 Å². The maximum atomic E-state index is 11.8. The number of imidazole rings is 1. The van der Waals surface area contributed by atoms with Gasteiger partial charge in [-0.05, 0) is 18.1 Å². The molecule has 1 heterocycles. The summed E-state index contributed by atoms with van der Waals surface area (Å²) in [7, 11) is 0. The Morgan fingerprint density at radius 3 is 2.80 bits per heavy atom. The Labute approximate surface area is 124 Å². The first-order valence-electron chi connectivity index (χ1n) is 5.92. The summed E-state index contributed by atoms with van der Waals surface area (Å²) in [6.45, 7) is 4.06. The van der Waals surface area contributed by atoms with Gasteiger partial charge in [-0.15, -0.1) is 0 Å². The second kappa shape index (κ2) is 5.76. The zero-order chi connectivity index (χ0) is 14.9. The van der Waals surface area contributed by atoms with Crippen molar-refractivity contribution in [2.24, 2.45) is 5.92 Å². The third kappa shape index (κ3) is 2.91. The van der Waals surface area contributed by atoms with Gasteiger partial charge in [0.1, 0.15) is 5.52 Å². The number of ether oxygens (including phenoxy) is 1. The van der Waals surface area contributed by atoms with Crippen LogP contribution in [0.4, 0.5) is 4.79 Å². The summed E-state index contributed by atoms with van der Waals surface area (Å²) in [6.07, 6.45) is -0.738. The third-order valence-electron chi connectivity index (χ3n) is 2.49. The van der Waals surface area contributed by atoms with E-state index in [4.69, 9.17) is 27.9 Å². The molecule has 0 bridgehead atoms. The van der Waals surface area contributed by atoms with Crippen molar-refractivity contribution in [3.8, 4) is 0 Å². The molecule has 0 radical (unpaired) electrons. The standard InChI is InChI=1S/C12H13Cl2N3O3/c1-6(2)5-20-12(19)16-17-10-8(15-11(17)18)4-3-7(13)9(10)14/h3-4,6H,5H2,1-2H3,(H,15,18)(H,16,19). The van der Waals surface area contributed by atoms with Gasteiger partial charge in [0.15, 0.2) is 0 Å². The van der Waals surface area contributed by atoms with Gasteiger partial charge in [-0.25, -0.2) is 15.0 Å². The smallest absolute Gasteiger partial charge is 0.426 e. The average molecular weight is 318 g/mol. The van der Waals surface area contributed by atoms with Crippen LogP contribution in [0, 0.1) is 5.92 Å². The fourth-order valence-corrected chi connectivity index (χ4v) is 2.01. The van der Waals surface area contributed by atoms with Crippen LogP contribution in [0.5, 0.6) is 0 Å². The van der Waals surface area contributed by atoms with Gasteiger partial charge in [-0.1, -0.05) is 37.0 Å². The van der Waals surface area contributed by atoms with E-state index in [2.05, 4.69) is 10.4 Å². The van der Waals surface area contributed by atoms with E-state index in [1.807, 2.05) is 13.8 Å². The fraction of sp³-hybridized carbons (Fsp3) is 0.333. The first-order chi connectivity index (χ1) is 9.40. The highest BCUT2D eigenvalue weighted by Crippen LogP contribution is 2.28. The lowest BCUT2D eigenvalue weighted by atomic mass is 10.2. The maximum Gasteiger partial charge on any atom is 0.426 e. The van der Waals surface area contributed by atoms with Gasteiger partial charge in [0.05, 0.1) is 22.2 Å². The van der Waals surface area contributed by atoms with Crippen molar-refractivity contribution in [3.63, 3.8) is 0 Å². The zero-order valence-electron chi connectivity index (χ0n) is 10.9. The Bertz CT molecular complexity index is 706. The van der Waals surface area contributed by atoms with Gasteiger partial charge in [0.25, 0.3) is 0 Å². The number of H-pyrrole nitrogens is 1. The van der Waals surface area contributed by atoms with Crippen LogP contribution in [-0.4, -0.2) is 22.4 Å². The SMILES string of the molecule is CC(C)COC(=O)Nn1c(=O)[nH]c2ccc(Cl)c(Cl)c21. The number of halogens is 2. The van der Waals surface area contributed by atoms with E-state index in [9.17, 15) is 9.59 Å². The number of aromatic amines is 1. The van der Waals surface area contributed by atoms with E-state index in [1.54, 1.807) is 12.1 Å². The van der Waals surface area contributed by atoms with Crippen LogP contribution in [-0.2, 0) is 4.74 Å². The highest BCUT2D eigenvalue weighted by atomic mass is 35.5. The molecule has 0 aliphatic rings. The summed E-state index contributed by atoms with van der Waals surface area (Å²) in [5, 5.41) is 0.455. The van der Waals surface area contributed by atoms with Crippen molar-refractivity contribution in [1.29, 1.82) is 0 Å². The molecule has 0 saturated carbocycles. The number of aromatic nitrogens is 2. The second-order valence-corrected chi connectivity index (χ2v) is 5.41. The Hall–Kier alpha value is -1.66. The van der Waals surface area contributed by atoms with E-state index in [0.29, 0.717) is 11.0 Å². The van der Waals surface area contributed by atoms with Gasteiger partial charge in [0.2, 0.25) is 0 Å². The summed E-state index contributed by atoms with van der Waals surface area (Å²) in [4.78, 5) is 26.0. The van der Waals surface area contributed by atoms with Crippen molar-refractivity contribution in [3.05, 3.63) is 32.7 Å². The van der Waals surface area contributed by atoms with Crippen LogP contribution in [0.25, 0.3) is 11.0 Å². The highest BCUT2D eigenvalue weighted by Gasteiger charge is 2.15. The molecule has 6 nitrogen and oxygen atoms in total. The average Bonchev–Trinajstić information content (AvgIpc) is 2.69. The number of nitrogens with zero attached hydrogens (tertiary/aromatic N) is 1. The third-order valence-corrected chi connectivity index (χ3v) is 3.28. The predicted octanol–water partition coefficient (Wildman–Crippen LogP) is 2.97. The Balaban J connectivity index is 2.34. The van der Waals surface area contributed by atoms with Gasteiger partial charge < -0.3 is 9.72 Å². The molecule has 0 aliphatic carbocycles. The van der Waals surface area contributed by atoms with E-state index in [1.165, 1.54) is 0 Å². The number of rotatable bonds is 3. The summed E-state index contributed by atoms with van der Waals surface area (Å²) < 4.78 is 5.93. The van der Waals surface area contributed by atoms with Gasteiger partial charge >= 0.3 is 11.8 Å². The predicted molar refractivity (Wildman–Crippen MR) is 78.1 cm³/mol. The lowest BCUT2D eigenvalue weighted by Gasteiger charge is -2.10. The summed E-state index contributed by atoms with van der Waals surface area (Å²) in [5.74, 6) is 0.193. The Kier molecular flexibility index (Phi) is 4.25. The van der Waals surface area contributed by atoms with Crippen LogP contribution < -0.4 is 11.1 Å². The van der Waals surface area contributed by atoms with Crippen LogP contribution in [0.2, 0.25) is 10.0 Å². The molecule has 0 spiro atoms. The number of hydrogen-bond donors (Lipinski definition) is 2. The molecule has 0 saturated heterocycles. The topological polar surface area (TPSA) is 76.1 Å². The molecule has 20 heavy (non-hydrogen) atoms. The highest BCUT2D eigenvalue weighted by molar-refractivity contribution is 6.45. The summed E-state index contributed by atoms with van der Waals surface area (Å²) in [6, 6.07) is 3.16. The lowest BCUT2D eigenvalue weighted by Crippen LogP contribution is -2.32. The fourth-order valence-electron chi connectivity index (χ4n) is 1.60. The van der Waals surface area contributed by atoms with Crippen molar-refractivity contribution < 1.29 is 9.53 Å². The van der Waals surface area contributed by atoms with E-state index in [-0.39, 0.29) is 22.6 Å². The molecule has 0 atom stereocenters. The van der Waals surface area contributed by atoms with Crippen LogP contribution in [0.15, 0.2) is 16.9 Å². The molecule has 2 rings (SSSR count). The first-order valence-corrected chi connectivity index (χ1v) is 6.68. The van der Waals surface area contributed by atoms with E-state index >= 15 is 0 Å². The molecule has 108 valence electrons. The minimum absolute atomic E-state index is 0.173. The molecule has 0 aliphatic heterocycles. The second-order valence-electron chi connectivity index (χ2n) is 4.63. The molecule has 0 unspecified atom stereocenters. The number of benzene rings is 1. The van der Waals surface area contributed by atoms with E-state index in [0.717, 1.165) is 4.68 Å². The lowest BCUT2D eigenvalue weighted by molar-refractivity contribution is 0.144. The number of amides is 1. The van der Waals surface area contributed by atoms with Crippen molar-refractivity contribution in [2.75, 3.05) is 12.0 Å².